The minimum atomic E-state index is 0.834. The van der Waals surface area contributed by atoms with Gasteiger partial charge in [0.25, 0.3) is 0 Å². The lowest BCUT2D eigenvalue weighted by Crippen LogP contribution is -1.86. The number of rotatable bonds is 1. The van der Waals surface area contributed by atoms with Crippen molar-refractivity contribution < 1.29 is 0 Å². The zero-order chi connectivity index (χ0) is 9.26. The molecule has 0 radical (unpaired) electrons. The number of hydrogen-bond acceptors (Lipinski definition) is 2. The molecule has 2 rings (SSSR count). The fraction of sp³-hybridized carbons (Fsp3) is 0.0909. The fourth-order valence-electron chi connectivity index (χ4n) is 1.41. The van der Waals surface area contributed by atoms with Crippen molar-refractivity contribution in [2.45, 2.75) is 6.92 Å². The number of thiophene rings is 1. The van der Waals surface area contributed by atoms with Crippen LogP contribution >= 0.6 is 11.3 Å². The molecule has 0 fully saturated rings. The summed E-state index contributed by atoms with van der Waals surface area (Å²) in [6.45, 7) is 2.06. The molecule has 0 unspecified atom stereocenters. The maximum Gasteiger partial charge on any atom is 0.0322 e. The molecule has 1 aromatic carbocycles. The van der Waals surface area contributed by atoms with E-state index >= 15 is 0 Å². The first-order valence-corrected chi connectivity index (χ1v) is 5.10. The van der Waals surface area contributed by atoms with E-state index < -0.39 is 0 Å². The van der Waals surface area contributed by atoms with Crippen LogP contribution in [-0.4, -0.2) is 0 Å². The molecular formula is C11H11NS. The summed E-state index contributed by atoms with van der Waals surface area (Å²) in [4.78, 5) is 0. The highest BCUT2D eigenvalue weighted by atomic mass is 32.1. The largest absolute Gasteiger partial charge is 0.399 e. The molecule has 0 saturated carbocycles. The lowest BCUT2D eigenvalue weighted by atomic mass is 10.1. The topological polar surface area (TPSA) is 26.0 Å². The van der Waals surface area contributed by atoms with Crippen molar-refractivity contribution in [3.05, 3.63) is 40.6 Å². The molecule has 0 aliphatic heterocycles. The predicted octanol–water partition coefficient (Wildman–Crippen LogP) is 3.31. The second kappa shape index (κ2) is 3.23. The summed E-state index contributed by atoms with van der Waals surface area (Å²) in [7, 11) is 0. The number of nitrogen functional groups attached to an aromatic ring is 1. The van der Waals surface area contributed by atoms with Gasteiger partial charge < -0.3 is 5.73 Å². The minimum Gasteiger partial charge on any atom is -0.399 e. The quantitative estimate of drug-likeness (QED) is 0.684. The van der Waals surface area contributed by atoms with Gasteiger partial charge in [0, 0.05) is 5.69 Å². The van der Waals surface area contributed by atoms with Crippen LogP contribution in [0.4, 0.5) is 5.69 Å². The van der Waals surface area contributed by atoms with Gasteiger partial charge in [0.15, 0.2) is 0 Å². The lowest BCUT2D eigenvalue weighted by Gasteiger charge is -2.01. The van der Waals surface area contributed by atoms with Crippen LogP contribution < -0.4 is 5.73 Å². The highest BCUT2D eigenvalue weighted by Crippen LogP contribution is 2.25. The van der Waals surface area contributed by atoms with E-state index in [1.54, 1.807) is 11.3 Å². The molecule has 0 amide bonds. The molecule has 2 heteroatoms. The highest BCUT2D eigenvalue weighted by molar-refractivity contribution is 7.08. The Balaban J connectivity index is 2.53. The molecule has 0 aliphatic carbocycles. The van der Waals surface area contributed by atoms with E-state index in [4.69, 9.17) is 5.73 Å². The predicted molar refractivity (Wildman–Crippen MR) is 58.9 cm³/mol. The first-order valence-electron chi connectivity index (χ1n) is 4.15. The van der Waals surface area contributed by atoms with Gasteiger partial charge in [-0.1, -0.05) is 6.07 Å². The second-order valence-electron chi connectivity index (χ2n) is 3.14. The monoisotopic (exact) mass is 189 g/mol. The van der Waals surface area contributed by atoms with E-state index in [-0.39, 0.29) is 0 Å². The van der Waals surface area contributed by atoms with Crippen LogP contribution in [0.15, 0.2) is 35.0 Å². The van der Waals surface area contributed by atoms with Gasteiger partial charge in [-0.2, -0.15) is 11.3 Å². The fourth-order valence-corrected chi connectivity index (χ4v) is 2.07. The Morgan fingerprint density at radius 1 is 1.15 bits per heavy atom. The van der Waals surface area contributed by atoms with Gasteiger partial charge in [-0.3, -0.25) is 0 Å². The third-order valence-electron chi connectivity index (χ3n) is 1.95. The number of benzene rings is 1. The third-order valence-corrected chi connectivity index (χ3v) is 2.64. The second-order valence-corrected chi connectivity index (χ2v) is 3.92. The zero-order valence-electron chi connectivity index (χ0n) is 7.45. The summed E-state index contributed by atoms with van der Waals surface area (Å²) in [6.07, 6.45) is 0. The Morgan fingerprint density at radius 2 is 2.00 bits per heavy atom. The van der Waals surface area contributed by atoms with Gasteiger partial charge in [-0.25, -0.2) is 0 Å². The molecule has 0 spiro atoms. The highest BCUT2D eigenvalue weighted by Gasteiger charge is 1.99. The van der Waals surface area contributed by atoms with Crippen molar-refractivity contribution in [3.63, 3.8) is 0 Å². The Bertz CT molecular complexity index is 384. The summed E-state index contributed by atoms with van der Waals surface area (Å²) < 4.78 is 0. The van der Waals surface area contributed by atoms with Crippen molar-refractivity contribution in [2.75, 3.05) is 5.73 Å². The molecule has 1 aromatic heterocycles. The van der Waals surface area contributed by atoms with Crippen LogP contribution in [0.3, 0.4) is 0 Å². The van der Waals surface area contributed by atoms with Crippen molar-refractivity contribution in [1.82, 2.24) is 0 Å². The van der Waals surface area contributed by atoms with Crippen LogP contribution in [0.5, 0.6) is 0 Å². The molecule has 0 saturated heterocycles. The molecule has 13 heavy (non-hydrogen) atoms. The Morgan fingerprint density at radius 3 is 2.62 bits per heavy atom. The van der Waals surface area contributed by atoms with E-state index in [1.165, 1.54) is 16.7 Å². The molecule has 2 N–H and O–H groups in total. The Hall–Kier alpha value is -1.28. The first kappa shape index (κ1) is 8.32. The number of nitrogens with two attached hydrogens (primary N) is 1. The normalized spacial score (nSPS) is 10.2. The summed E-state index contributed by atoms with van der Waals surface area (Å²) in [5, 5.41) is 4.21. The van der Waals surface area contributed by atoms with Crippen molar-refractivity contribution in [2.24, 2.45) is 0 Å². The third kappa shape index (κ3) is 1.73. The standard InChI is InChI=1S/C11H11NS/c1-8-4-10(6-11(12)5-8)9-2-3-13-7-9/h2-7H,12H2,1H3. The number of hydrogen-bond donors (Lipinski definition) is 1. The SMILES string of the molecule is Cc1cc(N)cc(-c2ccsc2)c1. The van der Waals surface area contributed by atoms with Gasteiger partial charge >= 0.3 is 0 Å². The van der Waals surface area contributed by atoms with E-state index in [0.717, 1.165) is 5.69 Å². The van der Waals surface area contributed by atoms with Crippen LogP contribution in [0.1, 0.15) is 5.56 Å². The maximum absolute atomic E-state index is 5.77. The van der Waals surface area contributed by atoms with Gasteiger partial charge in [-0.05, 0) is 52.6 Å². The number of aryl methyl sites for hydroxylation is 1. The molecule has 66 valence electrons. The Kier molecular flexibility index (Phi) is 2.07. The van der Waals surface area contributed by atoms with Crippen LogP contribution in [-0.2, 0) is 0 Å². The maximum atomic E-state index is 5.77. The van der Waals surface area contributed by atoms with Gasteiger partial charge in [0.1, 0.15) is 0 Å². The van der Waals surface area contributed by atoms with Gasteiger partial charge in [0.2, 0.25) is 0 Å². The van der Waals surface area contributed by atoms with Crippen molar-refractivity contribution in [3.8, 4) is 11.1 Å². The summed E-state index contributed by atoms with van der Waals surface area (Å²) in [6, 6.07) is 8.25. The molecule has 1 heterocycles. The molecule has 2 aromatic rings. The van der Waals surface area contributed by atoms with E-state index in [0.29, 0.717) is 0 Å². The Labute approximate surface area is 81.8 Å². The number of anilines is 1. The smallest absolute Gasteiger partial charge is 0.0322 e. The summed E-state index contributed by atoms with van der Waals surface area (Å²) >= 11 is 1.71. The van der Waals surface area contributed by atoms with Gasteiger partial charge in [0.05, 0.1) is 0 Å². The molecule has 1 nitrogen and oxygen atoms in total. The van der Waals surface area contributed by atoms with E-state index in [9.17, 15) is 0 Å². The molecule has 0 bridgehead atoms. The van der Waals surface area contributed by atoms with E-state index in [1.807, 2.05) is 12.1 Å². The van der Waals surface area contributed by atoms with Gasteiger partial charge in [-0.15, -0.1) is 0 Å². The molecule has 0 aliphatic rings. The van der Waals surface area contributed by atoms with Crippen LogP contribution in [0.2, 0.25) is 0 Å². The van der Waals surface area contributed by atoms with Crippen LogP contribution in [0, 0.1) is 6.92 Å². The molecular weight excluding hydrogens is 178 g/mol. The minimum absolute atomic E-state index is 0.834. The van der Waals surface area contributed by atoms with Crippen molar-refractivity contribution >= 4 is 17.0 Å². The zero-order valence-corrected chi connectivity index (χ0v) is 8.27. The average molecular weight is 189 g/mol. The molecule has 0 atom stereocenters. The first-order chi connectivity index (χ1) is 6.25. The average Bonchev–Trinajstić information content (AvgIpc) is 2.53. The lowest BCUT2D eigenvalue weighted by molar-refractivity contribution is 1.47. The van der Waals surface area contributed by atoms with Crippen LogP contribution in [0.25, 0.3) is 11.1 Å². The summed E-state index contributed by atoms with van der Waals surface area (Å²) in [5.74, 6) is 0. The summed E-state index contributed by atoms with van der Waals surface area (Å²) in [5.41, 5.74) is 10.3. The van der Waals surface area contributed by atoms with E-state index in [2.05, 4.69) is 29.8 Å². The van der Waals surface area contributed by atoms with Crippen molar-refractivity contribution in [1.29, 1.82) is 0 Å².